The van der Waals surface area contributed by atoms with E-state index < -0.39 is 5.97 Å². The van der Waals surface area contributed by atoms with Gasteiger partial charge in [-0.2, -0.15) is 0 Å². The standard InChI is InChI=1S/C14H17N3O3S/c1-2-10-3-5-11(6-4-10)7-17-12(8-18)15-16-14(17)21-9-13(19)20/h3-6,18H,2,7-9H2,1H3,(H,19,20). The maximum Gasteiger partial charge on any atom is 0.313 e. The number of hydrogen-bond donors (Lipinski definition) is 2. The summed E-state index contributed by atoms with van der Waals surface area (Å²) in [5.74, 6) is -0.562. The molecule has 0 aliphatic carbocycles. The van der Waals surface area contributed by atoms with Crippen LogP contribution in [0.25, 0.3) is 0 Å². The Labute approximate surface area is 126 Å². The molecular weight excluding hydrogens is 290 g/mol. The van der Waals surface area contributed by atoms with Crippen LogP contribution in [-0.4, -0.2) is 36.7 Å². The fourth-order valence-electron chi connectivity index (χ4n) is 1.89. The molecule has 0 unspecified atom stereocenters. The van der Waals surface area contributed by atoms with Crippen LogP contribution in [0.4, 0.5) is 0 Å². The number of aliphatic carboxylic acids is 1. The number of benzene rings is 1. The van der Waals surface area contributed by atoms with E-state index in [1.54, 1.807) is 4.57 Å². The fraction of sp³-hybridized carbons (Fsp3) is 0.357. The van der Waals surface area contributed by atoms with Crippen molar-refractivity contribution in [3.63, 3.8) is 0 Å². The number of carbonyl (C=O) groups is 1. The molecule has 21 heavy (non-hydrogen) atoms. The van der Waals surface area contributed by atoms with Crippen LogP contribution in [0.1, 0.15) is 23.9 Å². The van der Waals surface area contributed by atoms with E-state index in [0.717, 1.165) is 23.7 Å². The van der Waals surface area contributed by atoms with Crippen molar-refractivity contribution in [3.8, 4) is 0 Å². The van der Waals surface area contributed by atoms with Crippen molar-refractivity contribution in [3.05, 3.63) is 41.2 Å². The molecule has 7 heteroatoms. The molecular formula is C14H17N3O3S. The lowest BCUT2D eigenvalue weighted by Crippen LogP contribution is -2.08. The number of hydrogen-bond acceptors (Lipinski definition) is 5. The number of carboxylic acid groups (broad SMARTS) is 1. The predicted octanol–water partition coefficient (Wildman–Crippen LogP) is 1.56. The van der Waals surface area contributed by atoms with E-state index >= 15 is 0 Å². The lowest BCUT2D eigenvalue weighted by molar-refractivity contribution is -0.133. The number of carboxylic acids is 1. The second-order valence-corrected chi connectivity index (χ2v) is 5.44. The van der Waals surface area contributed by atoms with Gasteiger partial charge in [0.25, 0.3) is 0 Å². The van der Waals surface area contributed by atoms with Gasteiger partial charge in [0.1, 0.15) is 6.61 Å². The highest BCUT2D eigenvalue weighted by Gasteiger charge is 2.13. The molecule has 0 fully saturated rings. The van der Waals surface area contributed by atoms with Gasteiger partial charge in [0.15, 0.2) is 11.0 Å². The van der Waals surface area contributed by atoms with Crippen molar-refractivity contribution >= 4 is 17.7 Å². The van der Waals surface area contributed by atoms with Gasteiger partial charge in [-0.1, -0.05) is 43.0 Å². The Balaban J connectivity index is 2.19. The van der Waals surface area contributed by atoms with Crippen molar-refractivity contribution in [2.24, 2.45) is 0 Å². The van der Waals surface area contributed by atoms with E-state index in [4.69, 9.17) is 5.11 Å². The monoisotopic (exact) mass is 307 g/mol. The summed E-state index contributed by atoms with van der Waals surface area (Å²) in [5.41, 5.74) is 2.31. The minimum Gasteiger partial charge on any atom is -0.481 e. The molecule has 0 radical (unpaired) electrons. The predicted molar refractivity (Wildman–Crippen MR) is 79.2 cm³/mol. The first-order valence-corrected chi connectivity index (χ1v) is 7.58. The number of thioether (sulfide) groups is 1. The molecule has 0 atom stereocenters. The Kier molecular flexibility index (Phi) is 5.35. The molecule has 2 aromatic rings. The third kappa shape index (κ3) is 4.05. The first kappa shape index (κ1) is 15.5. The van der Waals surface area contributed by atoms with Crippen LogP contribution in [0.5, 0.6) is 0 Å². The molecule has 1 aromatic heterocycles. The molecule has 0 amide bonds. The maximum absolute atomic E-state index is 10.7. The molecule has 6 nitrogen and oxygen atoms in total. The second kappa shape index (κ2) is 7.24. The Hall–Kier alpha value is -1.86. The molecule has 2 N–H and O–H groups in total. The summed E-state index contributed by atoms with van der Waals surface area (Å²) in [6.45, 7) is 2.38. The summed E-state index contributed by atoms with van der Waals surface area (Å²) >= 11 is 1.10. The molecule has 0 saturated carbocycles. The van der Waals surface area contributed by atoms with Crippen LogP contribution in [0.3, 0.4) is 0 Å². The maximum atomic E-state index is 10.7. The van der Waals surface area contributed by atoms with Crippen molar-refractivity contribution < 1.29 is 15.0 Å². The van der Waals surface area contributed by atoms with Crippen LogP contribution < -0.4 is 0 Å². The van der Waals surface area contributed by atoms with Gasteiger partial charge in [0, 0.05) is 0 Å². The van der Waals surface area contributed by atoms with Gasteiger partial charge in [-0.25, -0.2) is 0 Å². The largest absolute Gasteiger partial charge is 0.481 e. The molecule has 0 aliphatic heterocycles. The lowest BCUT2D eigenvalue weighted by atomic mass is 10.1. The van der Waals surface area contributed by atoms with E-state index in [1.807, 2.05) is 12.1 Å². The van der Waals surface area contributed by atoms with E-state index in [2.05, 4.69) is 29.3 Å². The lowest BCUT2D eigenvalue weighted by Gasteiger charge is -2.09. The molecule has 1 aromatic carbocycles. The van der Waals surface area contributed by atoms with Crippen LogP contribution in [0, 0.1) is 0 Å². The molecule has 1 heterocycles. The Morgan fingerprint density at radius 3 is 2.48 bits per heavy atom. The number of aliphatic hydroxyl groups excluding tert-OH is 1. The van der Waals surface area contributed by atoms with E-state index in [9.17, 15) is 9.90 Å². The van der Waals surface area contributed by atoms with Gasteiger partial charge in [-0.3, -0.25) is 9.36 Å². The smallest absolute Gasteiger partial charge is 0.313 e. The molecule has 0 aliphatic rings. The van der Waals surface area contributed by atoms with Gasteiger partial charge in [-0.15, -0.1) is 10.2 Å². The third-order valence-electron chi connectivity index (χ3n) is 3.03. The molecule has 0 saturated heterocycles. The van der Waals surface area contributed by atoms with Gasteiger partial charge in [0.2, 0.25) is 0 Å². The minimum atomic E-state index is -0.910. The first-order valence-electron chi connectivity index (χ1n) is 6.59. The topological polar surface area (TPSA) is 88.2 Å². The highest BCUT2D eigenvalue weighted by Crippen LogP contribution is 2.19. The van der Waals surface area contributed by atoms with Crippen LogP contribution in [0.2, 0.25) is 0 Å². The van der Waals surface area contributed by atoms with Crippen molar-refractivity contribution in [2.45, 2.75) is 31.7 Å². The highest BCUT2D eigenvalue weighted by molar-refractivity contribution is 7.99. The first-order chi connectivity index (χ1) is 10.1. The summed E-state index contributed by atoms with van der Waals surface area (Å²) in [5, 5.41) is 26.4. The van der Waals surface area contributed by atoms with Crippen LogP contribution in [-0.2, 0) is 24.4 Å². The number of aromatic nitrogens is 3. The van der Waals surface area contributed by atoms with Crippen LogP contribution in [0.15, 0.2) is 29.4 Å². The molecule has 112 valence electrons. The second-order valence-electron chi connectivity index (χ2n) is 4.50. The zero-order valence-corrected chi connectivity index (χ0v) is 12.5. The van der Waals surface area contributed by atoms with E-state index in [-0.39, 0.29) is 12.4 Å². The zero-order valence-electron chi connectivity index (χ0n) is 11.7. The Morgan fingerprint density at radius 2 is 1.90 bits per heavy atom. The SMILES string of the molecule is CCc1ccc(Cn2c(CO)nnc2SCC(=O)O)cc1. The fourth-order valence-corrected chi connectivity index (χ4v) is 2.57. The summed E-state index contributed by atoms with van der Waals surface area (Å²) in [4.78, 5) is 10.7. The summed E-state index contributed by atoms with van der Waals surface area (Å²) < 4.78 is 1.74. The quantitative estimate of drug-likeness (QED) is 0.755. The molecule has 0 bridgehead atoms. The van der Waals surface area contributed by atoms with Gasteiger partial charge in [-0.05, 0) is 17.5 Å². The average molecular weight is 307 g/mol. The van der Waals surface area contributed by atoms with Crippen LogP contribution >= 0.6 is 11.8 Å². The molecule has 2 rings (SSSR count). The van der Waals surface area contributed by atoms with Crippen molar-refractivity contribution in [1.82, 2.24) is 14.8 Å². The number of nitrogens with zero attached hydrogens (tertiary/aromatic N) is 3. The number of aliphatic hydroxyl groups is 1. The molecule has 0 spiro atoms. The summed E-state index contributed by atoms with van der Waals surface area (Å²) in [6.07, 6.45) is 0.981. The average Bonchev–Trinajstić information content (AvgIpc) is 2.88. The van der Waals surface area contributed by atoms with Gasteiger partial charge >= 0.3 is 5.97 Å². The Bertz CT molecular complexity index is 610. The van der Waals surface area contributed by atoms with Crippen molar-refractivity contribution in [1.29, 1.82) is 0 Å². The third-order valence-corrected chi connectivity index (χ3v) is 3.98. The summed E-state index contributed by atoms with van der Waals surface area (Å²) in [6, 6.07) is 8.15. The minimum absolute atomic E-state index is 0.0850. The van der Waals surface area contributed by atoms with Gasteiger partial charge in [0.05, 0.1) is 12.3 Å². The van der Waals surface area contributed by atoms with Gasteiger partial charge < -0.3 is 10.2 Å². The highest BCUT2D eigenvalue weighted by atomic mass is 32.2. The number of rotatable bonds is 7. The van der Waals surface area contributed by atoms with E-state index in [0.29, 0.717) is 17.5 Å². The number of aryl methyl sites for hydroxylation is 1. The van der Waals surface area contributed by atoms with Crippen molar-refractivity contribution in [2.75, 3.05) is 5.75 Å². The Morgan fingerprint density at radius 1 is 1.24 bits per heavy atom. The normalized spacial score (nSPS) is 10.8. The zero-order chi connectivity index (χ0) is 15.2. The van der Waals surface area contributed by atoms with E-state index in [1.165, 1.54) is 5.56 Å². The summed E-state index contributed by atoms with van der Waals surface area (Å²) in [7, 11) is 0.